The standard InChI is InChI=1S/C12H18N2O/c15-12(9-3-1-2-4-9)11-7-13-8-14(11)10-5-6-10/h7-10,12,15H,1-6H2. The maximum atomic E-state index is 10.3. The van der Waals surface area contributed by atoms with Gasteiger partial charge in [-0.2, -0.15) is 0 Å². The lowest BCUT2D eigenvalue weighted by Crippen LogP contribution is -2.13. The van der Waals surface area contributed by atoms with E-state index in [2.05, 4.69) is 9.55 Å². The molecule has 2 aliphatic carbocycles. The van der Waals surface area contributed by atoms with E-state index < -0.39 is 0 Å². The van der Waals surface area contributed by atoms with Gasteiger partial charge >= 0.3 is 0 Å². The van der Waals surface area contributed by atoms with E-state index in [1.165, 1.54) is 38.5 Å². The molecular formula is C12H18N2O. The summed E-state index contributed by atoms with van der Waals surface area (Å²) in [5, 5.41) is 10.3. The van der Waals surface area contributed by atoms with Gasteiger partial charge < -0.3 is 9.67 Å². The highest BCUT2D eigenvalue weighted by atomic mass is 16.3. The first-order chi connectivity index (χ1) is 7.36. The Balaban J connectivity index is 1.81. The second-order valence-corrected chi connectivity index (χ2v) is 4.95. The van der Waals surface area contributed by atoms with Crippen LogP contribution in [0, 0.1) is 5.92 Å². The topological polar surface area (TPSA) is 38.1 Å². The van der Waals surface area contributed by atoms with Crippen LogP contribution in [-0.4, -0.2) is 14.7 Å². The molecule has 2 saturated carbocycles. The lowest BCUT2D eigenvalue weighted by molar-refractivity contribution is 0.103. The van der Waals surface area contributed by atoms with Gasteiger partial charge in [0.05, 0.1) is 24.3 Å². The van der Waals surface area contributed by atoms with Gasteiger partial charge in [0.25, 0.3) is 0 Å². The number of hydrogen-bond acceptors (Lipinski definition) is 2. The summed E-state index contributed by atoms with van der Waals surface area (Å²) in [5.74, 6) is 0.471. The molecule has 0 aromatic carbocycles. The number of imidazole rings is 1. The molecule has 3 rings (SSSR count). The molecule has 1 atom stereocenters. The van der Waals surface area contributed by atoms with Crippen molar-refractivity contribution >= 4 is 0 Å². The molecule has 0 saturated heterocycles. The number of aliphatic hydroxyl groups excluding tert-OH is 1. The largest absolute Gasteiger partial charge is 0.387 e. The fourth-order valence-corrected chi connectivity index (χ4v) is 2.72. The molecule has 15 heavy (non-hydrogen) atoms. The van der Waals surface area contributed by atoms with Crippen molar-refractivity contribution in [3.8, 4) is 0 Å². The molecule has 82 valence electrons. The monoisotopic (exact) mass is 206 g/mol. The first-order valence-electron chi connectivity index (χ1n) is 6.06. The van der Waals surface area contributed by atoms with Gasteiger partial charge in [-0.05, 0) is 31.6 Å². The van der Waals surface area contributed by atoms with E-state index in [4.69, 9.17) is 0 Å². The molecular weight excluding hydrogens is 188 g/mol. The number of rotatable bonds is 3. The molecule has 3 nitrogen and oxygen atoms in total. The Kier molecular flexibility index (Phi) is 2.28. The molecule has 1 heterocycles. The van der Waals surface area contributed by atoms with Crippen LogP contribution in [0.25, 0.3) is 0 Å². The van der Waals surface area contributed by atoms with Crippen LogP contribution in [-0.2, 0) is 0 Å². The SMILES string of the molecule is OC(c1cncn1C1CC1)C1CCCC1. The molecule has 1 aromatic rings. The highest BCUT2D eigenvalue weighted by molar-refractivity contribution is 5.08. The van der Waals surface area contributed by atoms with Crippen molar-refractivity contribution in [2.45, 2.75) is 50.7 Å². The lowest BCUT2D eigenvalue weighted by atomic mass is 9.98. The van der Waals surface area contributed by atoms with Gasteiger partial charge in [0.15, 0.2) is 0 Å². The summed E-state index contributed by atoms with van der Waals surface area (Å²) >= 11 is 0. The van der Waals surface area contributed by atoms with Gasteiger partial charge in [-0.1, -0.05) is 12.8 Å². The predicted molar refractivity (Wildman–Crippen MR) is 57.4 cm³/mol. The molecule has 1 unspecified atom stereocenters. The summed E-state index contributed by atoms with van der Waals surface area (Å²) in [6.07, 6.45) is 10.9. The van der Waals surface area contributed by atoms with Crippen molar-refractivity contribution in [2.24, 2.45) is 5.92 Å². The summed E-state index contributed by atoms with van der Waals surface area (Å²) < 4.78 is 2.18. The maximum absolute atomic E-state index is 10.3. The lowest BCUT2D eigenvalue weighted by Gasteiger charge is -2.19. The van der Waals surface area contributed by atoms with Gasteiger partial charge in [-0.25, -0.2) is 4.98 Å². The van der Waals surface area contributed by atoms with Crippen LogP contribution in [0.5, 0.6) is 0 Å². The summed E-state index contributed by atoms with van der Waals surface area (Å²) in [6.45, 7) is 0. The predicted octanol–water partition coefficient (Wildman–Crippen LogP) is 2.44. The zero-order valence-electron chi connectivity index (χ0n) is 8.97. The molecule has 3 heteroatoms. The number of hydrogen-bond donors (Lipinski definition) is 1. The highest BCUT2D eigenvalue weighted by Gasteiger charge is 2.31. The fourth-order valence-electron chi connectivity index (χ4n) is 2.72. The first-order valence-corrected chi connectivity index (χ1v) is 6.06. The van der Waals surface area contributed by atoms with Crippen LogP contribution in [0.2, 0.25) is 0 Å². The normalized spacial score (nSPS) is 24.6. The smallest absolute Gasteiger partial charge is 0.0983 e. The molecule has 2 aliphatic rings. The van der Waals surface area contributed by atoms with Gasteiger partial charge in [0.1, 0.15) is 0 Å². The van der Waals surface area contributed by atoms with Crippen LogP contribution in [0.1, 0.15) is 56.4 Å². The quantitative estimate of drug-likeness (QED) is 0.824. The number of aromatic nitrogens is 2. The van der Waals surface area contributed by atoms with Crippen LogP contribution in [0.15, 0.2) is 12.5 Å². The van der Waals surface area contributed by atoms with Crippen LogP contribution in [0.4, 0.5) is 0 Å². The van der Waals surface area contributed by atoms with Gasteiger partial charge in [-0.3, -0.25) is 0 Å². The van der Waals surface area contributed by atoms with Gasteiger partial charge in [-0.15, -0.1) is 0 Å². The van der Waals surface area contributed by atoms with E-state index >= 15 is 0 Å². The van der Waals surface area contributed by atoms with E-state index in [0.717, 1.165) is 5.69 Å². The Morgan fingerprint density at radius 2 is 2.00 bits per heavy atom. The second kappa shape index (κ2) is 3.63. The zero-order chi connectivity index (χ0) is 10.3. The van der Waals surface area contributed by atoms with Gasteiger partial charge in [0.2, 0.25) is 0 Å². The minimum absolute atomic E-state index is 0.282. The molecule has 0 spiro atoms. The van der Waals surface area contributed by atoms with Crippen molar-refractivity contribution in [2.75, 3.05) is 0 Å². The van der Waals surface area contributed by atoms with E-state index in [0.29, 0.717) is 12.0 Å². The average molecular weight is 206 g/mol. The molecule has 1 N–H and O–H groups in total. The Labute approximate surface area is 90.1 Å². The molecule has 0 radical (unpaired) electrons. The average Bonchev–Trinajstić information content (AvgIpc) is 2.82. The molecule has 0 bridgehead atoms. The second-order valence-electron chi connectivity index (χ2n) is 4.95. The highest BCUT2D eigenvalue weighted by Crippen LogP contribution is 2.40. The minimum Gasteiger partial charge on any atom is -0.387 e. The molecule has 0 aliphatic heterocycles. The Bertz CT molecular complexity index is 337. The molecule has 1 aromatic heterocycles. The number of nitrogens with zero attached hydrogens (tertiary/aromatic N) is 2. The van der Waals surface area contributed by atoms with Crippen molar-refractivity contribution in [3.63, 3.8) is 0 Å². The summed E-state index contributed by atoms with van der Waals surface area (Å²) in [4.78, 5) is 4.18. The zero-order valence-corrected chi connectivity index (χ0v) is 8.97. The Morgan fingerprint density at radius 3 is 2.67 bits per heavy atom. The van der Waals surface area contributed by atoms with E-state index in [-0.39, 0.29) is 6.10 Å². The third-order valence-corrected chi connectivity index (χ3v) is 3.79. The van der Waals surface area contributed by atoms with Crippen LogP contribution < -0.4 is 0 Å². The molecule has 2 fully saturated rings. The minimum atomic E-state index is -0.282. The third kappa shape index (κ3) is 1.69. The molecule has 0 amide bonds. The van der Waals surface area contributed by atoms with E-state index in [9.17, 15) is 5.11 Å². The van der Waals surface area contributed by atoms with Gasteiger partial charge in [0, 0.05) is 6.04 Å². The van der Waals surface area contributed by atoms with Crippen molar-refractivity contribution in [3.05, 3.63) is 18.2 Å². The van der Waals surface area contributed by atoms with Crippen molar-refractivity contribution < 1.29 is 5.11 Å². The van der Waals surface area contributed by atoms with Crippen LogP contribution in [0.3, 0.4) is 0 Å². The van der Waals surface area contributed by atoms with E-state index in [1.54, 1.807) is 0 Å². The third-order valence-electron chi connectivity index (χ3n) is 3.79. The van der Waals surface area contributed by atoms with Crippen molar-refractivity contribution in [1.82, 2.24) is 9.55 Å². The summed E-state index contributed by atoms with van der Waals surface area (Å²) in [6, 6.07) is 0.624. The van der Waals surface area contributed by atoms with Crippen molar-refractivity contribution in [1.29, 1.82) is 0 Å². The van der Waals surface area contributed by atoms with E-state index in [1.807, 2.05) is 12.5 Å². The fraction of sp³-hybridized carbons (Fsp3) is 0.750. The van der Waals surface area contributed by atoms with Crippen LogP contribution >= 0.6 is 0 Å². The number of aliphatic hydroxyl groups is 1. The Morgan fingerprint density at radius 1 is 1.27 bits per heavy atom. The summed E-state index contributed by atoms with van der Waals surface area (Å²) in [7, 11) is 0. The maximum Gasteiger partial charge on any atom is 0.0983 e. The first kappa shape index (κ1) is 9.40. The Hall–Kier alpha value is -0.830. The summed E-state index contributed by atoms with van der Waals surface area (Å²) in [5.41, 5.74) is 1.05.